The van der Waals surface area contributed by atoms with Crippen molar-refractivity contribution >= 4 is 5.69 Å². The normalized spacial score (nSPS) is 17.2. The summed E-state index contributed by atoms with van der Waals surface area (Å²) in [6.45, 7) is 1.19. The zero-order valence-electron chi connectivity index (χ0n) is 7.31. The van der Waals surface area contributed by atoms with E-state index in [4.69, 9.17) is 5.11 Å². The van der Waals surface area contributed by atoms with E-state index in [9.17, 15) is 5.11 Å². The largest absolute Gasteiger partial charge is 0.389 e. The van der Waals surface area contributed by atoms with Crippen LogP contribution in [0.5, 0.6) is 0 Å². The first-order valence-corrected chi connectivity index (χ1v) is 4.39. The van der Waals surface area contributed by atoms with E-state index in [0.717, 1.165) is 11.3 Å². The quantitative estimate of drug-likeness (QED) is 0.727. The minimum absolute atomic E-state index is 0.176. The molecular formula is C10H12NO2. The van der Waals surface area contributed by atoms with Crippen molar-refractivity contribution in [2.45, 2.75) is 12.7 Å². The average Bonchev–Trinajstić information content (AvgIpc) is 2.13. The topological polar surface area (TPSA) is 43.4 Å². The van der Waals surface area contributed by atoms with Gasteiger partial charge in [-0.3, -0.25) is 0 Å². The molecule has 3 heteroatoms. The second kappa shape index (κ2) is 3.36. The molecule has 0 bridgehead atoms. The van der Waals surface area contributed by atoms with Crippen LogP contribution in [0.1, 0.15) is 5.56 Å². The van der Waals surface area contributed by atoms with Crippen molar-refractivity contribution in [2.24, 2.45) is 0 Å². The lowest BCUT2D eigenvalue weighted by Gasteiger charge is -2.38. The van der Waals surface area contributed by atoms with Crippen molar-refractivity contribution in [1.82, 2.24) is 0 Å². The van der Waals surface area contributed by atoms with Crippen LogP contribution in [-0.2, 0) is 11.7 Å². The van der Waals surface area contributed by atoms with E-state index >= 15 is 0 Å². The minimum atomic E-state index is -0.198. The van der Waals surface area contributed by atoms with Gasteiger partial charge < -0.3 is 10.0 Å². The molecule has 1 aliphatic rings. The Kier molecular flexibility index (Phi) is 2.20. The maximum absolute atomic E-state index is 10.6. The summed E-state index contributed by atoms with van der Waals surface area (Å²) in [5.41, 5.74) is 1.84. The van der Waals surface area contributed by atoms with Crippen LogP contribution in [-0.4, -0.2) is 24.3 Å². The molecule has 69 valence electrons. The molecule has 0 aliphatic carbocycles. The fourth-order valence-electron chi connectivity index (χ4n) is 1.51. The molecule has 13 heavy (non-hydrogen) atoms. The molecule has 0 saturated carbocycles. The summed E-state index contributed by atoms with van der Waals surface area (Å²) in [4.78, 5) is 2.06. The van der Waals surface area contributed by atoms with E-state index in [1.807, 2.05) is 24.3 Å². The van der Waals surface area contributed by atoms with Crippen molar-refractivity contribution in [3.8, 4) is 0 Å². The average molecular weight is 178 g/mol. The first-order valence-electron chi connectivity index (χ1n) is 4.39. The lowest BCUT2D eigenvalue weighted by Crippen LogP contribution is -2.50. The van der Waals surface area contributed by atoms with Crippen LogP contribution >= 0.6 is 0 Å². The highest BCUT2D eigenvalue weighted by Gasteiger charge is 2.24. The van der Waals surface area contributed by atoms with Gasteiger partial charge in [-0.2, -0.15) is 0 Å². The molecule has 1 aromatic rings. The van der Waals surface area contributed by atoms with Crippen molar-refractivity contribution < 1.29 is 10.2 Å². The molecule has 1 aliphatic heterocycles. The van der Waals surface area contributed by atoms with Gasteiger partial charge in [0.15, 0.2) is 0 Å². The number of hydrogen-bond donors (Lipinski definition) is 1. The summed E-state index contributed by atoms with van der Waals surface area (Å²) in [5.74, 6) is 0. The first kappa shape index (κ1) is 8.53. The second-order valence-electron chi connectivity index (χ2n) is 3.37. The molecular weight excluding hydrogens is 166 g/mol. The molecule has 1 N–H and O–H groups in total. The van der Waals surface area contributed by atoms with Gasteiger partial charge in [0.05, 0.1) is 6.10 Å². The predicted molar refractivity (Wildman–Crippen MR) is 49.1 cm³/mol. The van der Waals surface area contributed by atoms with Crippen molar-refractivity contribution in [3.05, 3.63) is 29.8 Å². The van der Waals surface area contributed by atoms with E-state index in [2.05, 4.69) is 4.90 Å². The molecule has 1 aromatic carbocycles. The van der Waals surface area contributed by atoms with E-state index in [-0.39, 0.29) is 12.7 Å². The van der Waals surface area contributed by atoms with Gasteiger partial charge >= 0.3 is 0 Å². The molecule has 0 atom stereocenters. The van der Waals surface area contributed by atoms with Crippen molar-refractivity contribution in [3.63, 3.8) is 0 Å². The monoisotopic (exact) mass is 178 g/mol. The molecule has 1 heterocycles. The van der Waals surface area contributed by atoms with Crippen LogP contribution < -0.4 is 4.90 Å². The van der Waals surface area contributed by atoms with Gasteiger partial charge in [-0.05, 0) is 17.7 Å². The highest BCUT2D eigenvalue weighted by Crippen LogP contribution is 2.21. The number of aliphatic hydroxyl groups excluding tert-OH is 1. The Morgan fingerprint density at radius 2 is 2.23 bits per heavy atom. The third-order valence-electron chi connectivity index (χ3n) is 2.30. The molecule has 0 unspecified atom stereocenters. The van der Waals surface area contributed by atoms with Crippen molar-refractivity contribution in [2.75, 3.05) is 18.0 Å². The number of rotatable bonds is 2. The number of benzene rings is 1. The zero-order chi connectivity index (χ0) is 9.26. The summed E-state index contributed by atoms with van der Waals surface area (Å²) in [5, 5.41) is 19.7. The van der Waals surface area contributed by atoms with Crippen LogP contribution in [0.4, 0.5) is 5.69 Å². The van der Waals surface area contributed by atoms with E-state index in [1.165, 1.54) is 0 Å². The Labute approximate surface area is 77.2 Å². The standard InChI is InChI=1S/C10H12NO2/c12-7-8-2-1-3-9(4-8)11-5-10(13)6-11/h1-4,10,13H,5-7H2. The smallest absolute Gasteiger partial charge is 0.107 e. The fraction of sp³-hybridized carbons (Fsp3) is 0.400. The van der Waals surface area contributed by atoms with Gasteiger partial charge in [0.2, 0.25) is 0 Å². The number of hydrogen-bond acceptors (Lipinski definition) is 2. The van der Waals surface area contributed by atoms with Gasteiger partial charge in [0.25, 0.3) is 0 Å². The highest BCUT2D eigenvalue weighted by molar-refractivity contribution is 5.50. The summed E-state index contributed by atoms with van der Waals surface area (Å²) in [7, 11) is 0. The van der Waals surface area contributed by atoms with Crippen molar-refractivity contribution in [1.29, 1.82) is 0 Å². The third kappa shape index (κ3) is 1.66. The van der Waals surface area contributed by atoms with Gasteiger partial charge in [0, 0.05) is 18.8 Å². The SMILES string of the molecule is [O]Cc1cccc(N2CC(O)C2)c1. The second-order valence-corrected chi connectivity index (χ2v) is 3.37. The van der Waals surface area contributed by atoms with Crippen LogP contribution in [0.15, 0.2) is 24.3 Å². The number of nitrogens with zero attached hydrogens (tertiary/aromatic N) is 1. The Hall–Kier alpha value is -1.06. The Balaban J connectivity index is 2.12. The maximum atomic E-state index is 10.6. The van der Waals surface area contributed by atoms with Gasteiger partial charge in [-0.25, -0.2) is 5.11 Å². The van der Waals surface area contributed by atoms with E-state index in [0.29, 0.717) is 13.1 Å². The fourth-order valence-corrected chi connectivity index (χ4v) is 1.51. The van der Waals surface area contributed by atoms with Gasteiger partial charge in [0.1, 0.15) is 6.61 Å². The molecule has 3 nitrogen and oxygen atoms in total. The first-order chi connectivity index (χ1) is 6.29. The highest BCUT2D eigenvalue weighted by atomic mass is 16.3. The number of aliphatic hydroxyl groups is 1. The molecule has 1 saturated heterocycles. The number of anilines is 1. The predicted octanol–water partition coefficient (Wildman–Crippen LogP) is 0.798. The van der Waals surface area contributed by atoms with Crippen LogP contribution in [0.3, 0.4) is 0 Å². The molecule has 1 fully saturated rings. The van der Waals surface area contributed by atoms with Crippen LogP contribution in [0.2, 0.25) is 0 Å². The molecule has 0 aromatic heterocycles. The summed E-state index contributed by atoms with van der Waals surface area (Å²) in [6.07, 6.45) is -0.198. The molecule has 0 amide bonds. The van der Waals surface area contributed by atoms with Gasteiger partial charge in [-0.15, -0.1) is 0 Å². The van der Waals surface area contributed by atoms with Gasteiger partial charge in [-0.1, -0.05) is 12.1 Å². The van der Waals surface area contributed by atoms with E-state index < -0.39 is 0 Å². The van der Waals surface area contributed by atoms with Crippen LogP contribution in [0, 0.1) is 0 Å². The lowest BCUT2D eigenvalue weighted by atomic mass is 10.1. The Morgan fingerprint density at radius 3 is 2.85 bits per heavy atom. The van der Waals surface area contributed by atoms with Crippen LogP contribution in [0.25, 0.3) is 0 Å². The maximum Gasteiger partial charge on any atom is 0.107 e. The zero-order valence-corrected chi connectivity index (χ0v) is 7.31. The van der Waals surface area contributed by atoms with E-state index in [1.54, 1.807) is 0 Å². The molecule has 2 rings (SSSR count). The summed E-state index contributed by atoms with van der Waals surface area (Å²) < 4.78 is 0. The Morgan fingerprint density at radius 1 is 1.46 bits per heavy atom. The third-order valence-corrected chi connectivity index (χ3v) is 2.30. The minimum Gasteiger partial charge on any atom is -0.389 e. The molecule has 0 spiro atoms. The summed E-state index contributed by atoms with van der Waals surface area (Å²) >= 11 is 0. The number of β-amino-alcohol motifs (C(OH)–C–C–N with tert-alkyl or cyclic N) is 1. The summed E-state index contributed by atoms with van der Waals surface area (Å²) in [6, 6.07) is 7.56. The Bertz CT molecular complexity index is 295. The lowest BCUT2D eigenvalue weighted by molar-refractivity contribution is 0.142. The molecule has 1 radical (unpaired) electrons.